The molecule has 1 aliphatic rings. The molecule has 0 spiro atoms. The first-order chi connectivity index (χ1) is 17.2. The van der Waals surface area contributed by atoms with E-state index in [4.69, 9.17) is 28.2 Å². The Bertz CT molecular complexity index is 1190. The maximum atomic E-state index is 14.5. The molecule has 0 saturated carbocycles. The van der Waals surface area contributed by atoms with E-state index in [-0.39, 0.29) is 23.9 Å². The minimum absolute atomic E-state index is 0.0332. The molecule has 2 aromatic carbocycles. The van der Waals surface area contributed by atoms with E-state index < -0.39 is 5.41 Å². The number of hydrogen-bond donors (Lipinski definition) is 0. The van der Waals surface area contributed by atoms with Gasteiger partial charge in [-0.1, -0.05) is 80.4 Å². The number of pyridine rings is 1. The summed E-state index contributed by atoms with van der Waals surface area (Å²) in [5.41, 5.74) is 2.50. The molecule has 4 rings (SSSR count). The molecule has 0 unspecified atom stereocenters. The van der Waals surface area contributed by atoms with Gasteiger partial charge in [-0.05, 0) is 72.7 Å². The van der Waals surface area contributed by atoms with Crippen LogP contribution in [0, 0.1) is 11.3 Å². The first-order valence-corrected chi connectivity index (χ1v) is 13.3. The van der Waals surface area contributed by atoms with Crippen LogP contribution in [0.25, 0.3) is 0 Å². The lowest BCUT2D eigenvalue weighted by Gasteiger charge is -2.52. The van der Waals surface area contributed by atoms with Gasteiger partial charge in [-0.3, -0.25) is 9.78 Å². The molecule has 0 radical (unpaired) electrons. The van der Waals surface area contributed by atoms with Crippen LogP contribution in [0.3, 0.4) is 0 Å². The number of carbonyl (C=O) groups excluding carboxylic acids is 1. The first-order valence-electron chi connectivity index (χ1n) is 12.6. The Kier molecular flexibility index (Phi) is 8.22. The van der Waals surface area contributed by atoms with Gasteiger partial charge in [0.05, 0.1) is 23.2 Å². The van der Waals surface area contributed by atoms with Gasteiger partial charge in [-0.15, -0.1) is 6.58 Å². The van der Waals surface area contributed by atoms with Gasteiger partial charge in [0.25, 0.3) is 0 Å². The number of halogens is 2. The molecule has 3 aromatic rings. The molecule has 1 amide bonds. The van der Waals surface area contributed by atoms with Crippen LogP contribution in [0.15, 0.2) is 85.6 Å². The van der Waals surface area contributed by atoms with E-state index in [1.54, 1.807) is 0 Å². The van der Waals surface area contributed by atoms with Crippen molar-refractivity contribution in [2.24, 2.45) is 11.3 Å². The highest BCUT2D eigenvalue weighted by Gasteiger charge is 2.51. The Hall–Kier alpha value is -2.62. The third kappa shape index (κ3) is 5.53. The second kappa shape index (κ2) is 11.2. The minimum Gasteiger partial charge on any atom is -0.326 e. The second-order valence-electron chi connectivity index (χ2n) is 10.5. The number of aromatic nitrogens is 1. The van der Waals surface area contributed by atoms with Crippen LogP contribution in [0.2, 0.25) is 10.0 Å². The Morgan fingerprint density at radius 1 is 1.06 bits per heavy atom. The first kappa shape index (κ1) is 26.4. The molecule has 36 heavy (non-hydrogen) atoms. The van der Waals surface area contributed by atoms with Crippen molar-refractivity contribution in [3.8, 4) is 0 Å². The fourth-order valence-electron chi connectivity index (χ4n) is 5.63. The third-order valence-electron chi connectivity index (χ3n) is 7.24. The van der Waals surface area contributed by atoms with Gasteiger partial charge in [0.15, 0.2) is 0 Å². The fraction of sp³-hybridized carbons (Fsp3) is 0.355. The number of amides is 1. The van der Waals surface area contributed by atoms with Crippen molar-refractivity contribution in [3.05, 3.63) is 112 Å². The molecule has 3 nitrogen and oxygen atoms in total. The van der Waals surface area contributed by atoms with E-state index in [9.17, 15) is 4.79 Å². The number of likely N-dealkylation sites (tertiary alicyclic amines) is 1. The summed E-state index contributed by atoms with van der Waals surface area (Å²) >= 11 is 12.8. The fourth-order valence-corrected chi connectivity index (χ4v) is 5.95. The normalized spacial score (nSPS) is 23.1. The predicted molar refractivity (Wildman–Crippen MR) is 149 cm³/mol. The van der Waals surface area contributed by atoms with E-state index in [1.165, 1.54) is 0 Å². The molecule has 1 aliphatic heterocycles. The molecular weight excluding hydrogens is 487 g/mol. The standard InChI is InChI=1S/C31H34Cl2N2O/c1-5-16-31(4)20-26(23-9-8-10-25(33)19-23)29(22-12-14-24(32)15-13-22)35(30(31)36)28(18-21(2)3)27-11-6-7-17-34-27/h5-15,17,19,21,26,28-29H,1,16,18,20H2,2-4H3/t26-,28+,29-,31+/m1/s1. The summed E-state index contributed by atoms with van der Waals surface area (Å²) in [5.74, 6) is 0.538. The number of piperidine rings is 1. The number of hydrogen-bond acceptors (Lipinski definition) is 2. The topological polar surface area (TPSA) is 33.2 Å². The summed E-state index contributed by atoms with van der Waals surface area (Å²) in [4.78, 5) is 21.4. The molecule has 0 N–H and O–H groups in total. The Morgan fingerprint density at radius 2 is 1.81 bits per heavy atom. The van der Waals surface area contributed by atoms with Crippen molar-refractivity contribution in [1.82, 2.24) is 9.88 Å². The van der Waals surface area contributed by atoms with Gasteiger partial charge in [-0.25, -0.2) is 0 Å². The number of nitrogens with zero attached hydrogens (tertiary/aromatic N) is 2. The SMILES string of the molecule is C=CC[C@@]1(C)C[C@H](c2cccc(Cl)c2)[C@@H](c2ccc(Cl)cc2)N([C@@H](CC(C)C)c2ccccn2)C1=O. The summed E-state index contributed by atoms with van der Waals surface area (Å²) in [6.07, 6.45) is 5.78. The second-order valence-corrected chi connectivity index (χ2v) is 11.4. The van der Waals surface area contributed by atoms with E-state index >= 15 is 0 Å². The van der Waals surface area contributed by atoms with E-state index in [0.29, 0.717) is 28.8 Å². The monoisotopic (exact) mass is 520 g/mol. The highest BCUT2D eigenvalue weighted by molar-refractivity contribution is 6.30. The molecule has 1 aromatic heterocycles. The maximum absolute atomic E-state index is 14.5. The predicted octanol–water partition coefficient (Wildman–Crippen LogP) is 8.82. The number of allylic oxidation sites excluding steroid dienone is 1. The van der Waals surface area contributed by atoms with E-state index in [1.807, 2.05) is 72.9 Å². The third-order valence-corrected chi connectivity index (χ3v) is 7.73. The molecule has 2 heterocycles. The van der Waals surface area contributed by atoms with Crippen molar-refractivity contribution in [2.75, 3.05) is 0 Å². The molecule has 1 fully saturated rings. The van der Waals surface area contributed by atoms with Crippen molar-refractivity contribution >= 4 is 29.1 Å². The van der Waals surface area contributed by atoms with Gasteiger partial charge in [0.1, 0.15) is 0 Å². The number of carbonyl (C=O) groups is 1. The lowest BCUT2D eigenvalue weighted by Crippen LogP contribution is -2.53. The Morgan fingerprint density at radius 3 is 2.42 bits per heavy atom. The molecule has 4 atom stereocenters. The van der Waals surface area contributed by atoms with Crippen molar-refractivity contribution in [1.29, 1.82) is 0 Å². The van der Waals surface area contributed by atoms with Crippen LogP contribution in [0.5, 0.6) is 0 Å². The quantitative estimate of drug-likeness (QED) is 0.278. The Labute approximate surface area is 225 Å². The molecule has 5 heteroatoms. The van der Waals surface area contributed by atoms with Crippen LogP contribution in [0.4, 0.5) is 0 Å². The van der Waals surface area contributed by atoms with Crippen LogP contribution >= 0.6 is 23.2 Å². The van der Waals surface area contributed by atoms with E-state index in [2.05, 4.69) is 38.3 Å². The largest absolute Gasteiger partial charge is 0.326 e. The molecule has 0 bridgehead atoms. The lowest BCUT2D eigenvalue weighted by atomic mass is 9.66. The Balaban J connectivity index is 1.97. The van der Waals surface area contributed by atoms with Gasteiger partial charge in [0, 0.05) is 22.2 Å². The van der Waals surface area contributed by atoms with Gasteiger partial charge < -0.3 is 4.90 Å². The average molecular weight is 522 g/mol. The van der Waals surface area contributed by atoms with E-state index in [0.717, 1.165) is 23.2 Å². The molecular formula is C31H34Cl2N2O. The van der Waals surface area contributed by atoms with Crippen molar-refractivity contribution in [2.45, 2.75) is 58.0 Å². The van der Waals surface area contributed by atoms with Gasteiger partial charge in [-0.2, -0.15) is 0 Å². The molecule has 1 saturated heterocycles. The maximum Gasteiger partial charge on any atom is 0.229 e. The van der Waals surface area contributed by atoms with Crippen LogP contribution in [-0.4, -0.2) is 15.8 Å². The summed E-state index contributed by atoms with van der Waals surface area (Å²) in [6.45, 7) is 10.5. The zero-order valence-corrected chi connectivity index (χ0v) is 22.7. The summed E-state index contributed by atoms with van der Waals surface area (Å²) in [6, 6.07) is 21.5. The highest BCUT2D eigenvalue weighted by Crippen LogP contribution is 2.54. The van der Waals surface area contributed by atoms with Crippen LogP contribution < -0.4 is 0 Å². The summed E-state index contributed by atoms with van der Waals surface area (Å²) < 4.78 is 0. The van der Waals surface area contributed by atoms with Crippen molar-refractivity contribution in [3.63, 3.8) is 0 Å². The summed E-state index contributed by atoms with van der Waals surface area (Å²) in [7, 11) is 0. The van der Waals surface area contributed by atoms with Crippen LogP contribution in [-0.2, 0) is 4.79 Å². The summed E-state index contributed by atoms with van der Waals surface area (Å²) in [5, 5.41) is 1.37. The zero-order chi connectivity index (χ0) is 25.9. The molecule has 0 aliphatic carbocycles. The smallest absolute Gasteiger partial charge is 0.229 e. The van der Waals surface area contributed by atoms with Crippen molar-refractivity contribution < 1.29 is 4.79 Å². The molecule has 188 valence electrons. The van der Waals surface area contributed by atoms with Gasteiger partial charge in [0.2, 0.25) is 5.91 Å². The minimum atomic E-state index is -0.596. The number of benzene rings is 2. The van der Waals surface area contributed by atoms with Gasteiger partial charge >= 0.3 is 0 Å². The average Bonchev–Trinajstić information content (AvgIpc) is 2.85. The number of rotatable bonds is 8. The highest BCUT2D eigenvalue weighted by atomic mass is 35.5. The van der Waals surface area contributed by atoms with Crippen LogP contribution in [0.1, 0.15) is 74.9 Å². The lowest BCUT2D eigenvalue weighted by molar-refractivity contribution is -0.155. The zero-order valence-electron chi connectivity index (χ0n) is 21.2.